The van der Waals surface area contributed by atoms with Gasteiger partial charge in [0.25, 0.3) is 5.91 Å². The van der Waals surface area contributed by atoms with Crippen molar-refractivity contribution in [3.05, 3.63) is 47.8 Å². The maximum atomic E-state index is 12.0. The topological polar surface area (TPSA) is 145 Å². The van der Waals surface area contributed by atoms with E-state index in [1.165, 1.54) is 30.7 Å². The molecule has 9 nitrogen and oxygen atoms in total. The van der Waals surface area contributed by atoms with Crippen LogP contribution in [0.4, 0.5) is 0 Å². The molecule has 1 atom stereocenters. The van der Waals surface area contributed by atoms with Gasteiger partial charge in [-0.05, 0) is 12.1 Å². The lowest BCUT2D eigenvalue weighted by Gasteiger charge is -2.13. The molecule has 4 N–H and O–H groups in total. The Kier molecular flexibility index (Phi) is 4.47. The van der Waals surface area contributed by atoms with Gasteiger partial charge in [-0.25, -0.2) is 19.6 Å². The minimum Gasteiger partial charge on any atom is -0.480 e. The number of pyridine rings is 1. The quantitative estimate of drug-likeness (QED) is 0.584. The van der Waals surface area contributed by atoms with Gasteiger partial charge in [0.1, 0.15) is 17.4 Å². The molecule has 2 rings (SSSR count). The van der Waals surface area contributed by atoms with Gasteiger partial charge in [0.2, 0.25) is 0 Å². The predicted molar refractivity (Wildman–Crippen MR) is 72.4 cm³/mol. The highest BCUT2D eigenvalue weighted by Gasteiger charge is 2.22. The lowest BCUT2D eigenvalue weighted by Crippen LogP contribution is -2.42. The SMILES string of the molecule is O=C(O)c1cccc(C(=O)N[C@@H](Cc2cnc[nH]2)C(=O)O)n1. The van der Waals surface area contributed by atoms with E-state index in [-0.39, 0.29) is 17.8 Å². The van der Waals surface area contributed by atoms with Crippen molar-refractivity contribution >= 4 is 17.8 Å². The number of aliphatic carboxylic acids is 1. The number of hydrogen-bond acceptors (Lipinski definition) is 5. The third kappa shape index (κ3) is 3.66. The van der Waals surface area contributed by atoms with Crippen molar-refractivity contribution in [3.63, 3.8) is 0 Å². The van der Waals surface area contributed by atoms with Crippen molar-refractivity contribution < 1.29 is 24.6 Å². The monoisotopic (exact) mass is 304 g/mol. The molecule has 0 aliphatic rings. The zero-order valence-electron chi connectivity index (χ0n) is 11.2. The summed E-state index contributed by atoms with van der Waals surface area (Å²) in [6.07, 6.45) is 2.86. The average Bonchev–Trinajstić information content (AvgIpc) is 2.99. The molecule has 0 bridgehead atoms. The number of aromatic carboxylic acids is 1. The first-order chi connectivity index (χ1) is 10.5. The molecule has 0 aliphatic heterocycles. The maximum absolute atomic E-state index is 12.0. The fourth-order valence-electron chi connectivity index (χ4n) is 1.73. The number of H-pyrrole nitrogens is 1. The van der Waals surface area contributed by atoms with Crippen molar-refractivity contribution in [2.45, 2.75) is 12.5 Å². The summed E-state index contributed by atoms with van der Waals surface area (Å²) in [7, 11) is 0. The highest BCUT2D eigenvalue weighted by atomic mass is 16.4. The van der Waals surface area contributed by atoms with Crippen molar-refractivity contribution in [1.82, 2.24) is 20.3 Å². The highest BCUT2D eigenvalue weighted by molar-refractivity contribution is 5.96. The van der Waals surface area contributed by atoms with Crippen LogP contribution >= 0.6 is 0 Å². The summed E-state index contributed by atoms with van der Waals surface area (Å²) in [5, 5.41) is 20.3. The number of carbonyl (C=O) groups is 3. The number of carboxylic acid groups (broad SMARTS) is 2. The maximum Gasteiger partial charge on any atom is 0.354 e. The number of carboxylic acids is 2. The van der Waals surface area contributed by atoms with Gasteiger partial charge in [0.15, 0.2) is 0 Å². The third-order valence-electron chi connectivity index (χ3n) is 2.78. The van der Waals surface area contributed by atoms with E-state index in [1.54, 1.807) is 0 Å². The van der Waals surface area contributed by atoms with Crippen LogP contribution in [0.3, 0.4) is 0 Å². The molecule has 0 unspecified atom stereocenters. The molecule has 0 spiro atoms. The fourth-order valence-corrected chi connectivity index (χ4v) is 1.73. The predicted octanol–water partition coefficient (Wildman–Crippen LogP) is -0.0714. The summed E-state index contributed by atoms with van der Waals surface area (Å²) >= 11 is 0. The number of aromatic amines is 1. The second-order valence-electron chi connectivity index (χ2n) is 4.36. The Morgan fingerprint density at radius 2 is 1.95 bits per heavy atom. The number of carbonyl (C=O) groups excluding carboxylic acids is 1. The van der Waals surface area contributed by atoms with Gasteiger partial charge < -0.3 is 20.5 Å². The van der Waals surface area contributed by atoms with E-state index in [2.05, 4.69) is 20.3 Å². The molecule has 0 saturated carbocycles. The minimum absolute atomic E-state index is 0.0136. The van der Waals surface area contributed by atoms with Gasteiger partial charge >= 0.3 is 11.9 Å². The highest BCUT2D eigenvalue weighted by Crippen LogP contribution is 2.03. The largest absolute Gasteiger partial charge is 0.480 e. The standard InChI is InChI=1S/C13H12N4O5/c18-11(8-2-1-3-9(16-8)12(19)20)17-10(13(21)22)4-7-5-14-6-15-7/h1-3,5-6,10H,4H2,(H,14,15)(H,17,18)(H,19,20)(H,21,22)/t10-/m0/s1. The Morgan fingerprint density at radius 3 is 2.55 bits per heavy atom. The second-order valence-corrected chi connectivity index (χ2v) is 4.36. The molecule has 22 heavy (non-hydrogen) atoms. The number of nitrogens with zero attached hydrogens (tertiary/aromatic N) is 2. The lowest BCUT2D eigenvalue weighted by molar-refractivity contribution is -0.139. The normalized spacial score (nSPS) is 11.6. The summed E-state index contributed by atoms with van der Waals surface area (Å²) in [6.45, 7) is 0. The van der Waals surface area contributed by atoms with Crippen LogP contribution < -0.4 is 5.32 Å². The Balaban J connectivity index is 2.12. The van der Waals surface area contributed by atoms with Crippen LogP contribution in [0.2, 0.25) is 0 Å². The van der Waals surface area contributed by atoms with Crippen LogP contribution in [0.25, 0.3) is 0 Å². The molecule has 0 saturated heterocycles. The molecule has 0 aliphatic carbocycles. The van der Waals surface area contributed by atoms with E-state index in [1.807, 2.05) is 0 Å². The number of aromatic nitrogens is 3. The Labute approximate surface area is 124 Å². The number of hydrogen-bond donors (Lipinski definition) is 4. The van der Waals surface area contributed by atoms with Crippen LogP contribution in [0.1, 0.15) is 26.7 Å². The molecular formula is C13H12N4O5. The van der Waals surface area contributed by atoms with Crippen LogP contribution in [-0.2, 0) is 11.2 Å². The van der Waals surface area contributed by atoms with E-state index >= 15 is 0 Å². The van der Waals surface area contributed by atoms with E-state index in [0.717, 1.165) is 0 Å². The summed E-state index contributed by atoms with van der Waals surface area (Å²) in [6, 6.07) is 2.70. The first-order valence-electron chi connectivity index (χ1n) is 6.18. The molecule has 2 aromatic rings. The van der Waals surface area contributed by atoms with E-state index < -0.39 is 23.9 Å². The van der Waals surface area contributed by atoms with Gasteiger partial charge in [0.05, 0.1) is 6.33 Å². The third-order valence-corrected chi connectivity index (χ3v) is 2.78. The van der Waals surface area contributed by atoms with Crippen molar-refractivity contribution in [2.75, 3.05) is 0 Å². The molecule has 0 radical (unpaired) electrons. The van der Waals surface area contributed by atoms with E-state index in [0.29, 0.717) is 5.69 Å². The Hall–Kier alpha value is -3.23. The summed E-state index contributed by atoms with van der Waals surface area (Å²) < 4.78 is 0. The van der Waals surface area contributed by atoms with Gasteiger partial charge in [-0.1, -0.05) is 6.07 Å². The van der Waals surface area contributed by atoms with E-state index in [9.17, 15) is 14.4 Å². The number of imidazole rings is 1. The summed E-state index contributed by atoms with van der Waals surface area (Å²) in [4.78, 5) is 44.2. The molecule has 2 aromatic heterocycles. The zero-order valence-corrected chi connectivity index (χ0v) is 11.2. The lowest BCUT2D eigenvalue weighted by atomic mass is 10.1. The number of rotatable bonds is 6. The van der Waals surface area contributed by atoms with Gasteiger partial charge in [-0.15, -0.1) is 0 Å². The van der Waals surface area contributed by atoms with E-state index in [4.69, 9.17) is 10.2 Å². The first-order valence-corrected chi connectivity index (χ1v) is 6.18. The van der Waals surface area contributed by atoms with Crippen molar-refractivity contribution in [2.24, 2.45) is 0 Å². The smallest absolute Gasteiger partial charge is 0.354 e. The molecular weight excluding hydrogens is 292 g/mol. The van der Waals surface area contributed by atoms with Gasteiger partial charge in [-0.3, -0.25) is 4.79 Å². The zero-order chi connectivity index (χ0) is 16.1. The van der Waals surface area contributed by atoms with Crippen LogP contribution in [0, 0.1) is 0 Å². The van der Waals surface area contributed by atoms with Crippen LogP contribution in [0.5, 0.6) is 0 Å². The second kappa shape index (κ2) is 6.48. The fraction of sp³-hybridized carbons (Fsp3) is 0.154. The van der Waals surface area contributed by atoms with Crippen molar-refractivity contribution in [3.8, 4) is 0 Å². The molecule has 114 valence electrons. The molecule has 1 amide bonds. The average molecular weight is 304 g/mol. The Morgan fingerprint density at radius 1 is 1.23 bits per heavy atom. The molecule has 9 heteroatoms. The minimum atomic E-state index is -1.28. The summed E-state index contributed by atoms with van der Waals surface area (Å²) in [5.74, 6) is -3.27. The first kappa shape index (κ1) is 15.2. The summed E-state index contributed by atoms with van der Waals surface area (Å²) in [5.41, 5.74) is 0.0730. The Bertz CT molecular complexity index is 698. The molecule has 0 fully saturated rings. The number of amides is 1. The van der Waals surface area contributed by atoms with Gasteiger partial charge in [0, 0.05) is 18.3 Å². The molecule has 2 heterocycles. The number of nitrogens with one attached hydrogen (secondary N) is 2. The van der Waals surface area contributed by atoms with Crippen LogP contribution in [0.15, 0.2) is 30.7 Å². The van der Waals surface area contributed by atoms with Crippen molar-refractivity contribution in [1.29, 1.82) is 0 Å². The van der Waals surface area contributed by atoms with Gasteiger partial charge in [-0.2, -0.15) is 0 Å². The molecule has 0 aromatic carbocycles. The van der Waals surface area contributed by atoms with Crippen LogP contribution in [-0.4, -0.2) is 49.1 Å².